The maximum absolute atomic E-state index is 12.1. The molecular weight excluding hydrogens is 252 g/mol. The van der Waals surface area contributed by atoms with Crippen LogP contribution in [0, 0.1) is 6.92 Å². The Morgan fingerprint density at radius 1 is 1.05 bits per heavy atom. The molecule has 0 aliphatic rings. The van der Waals surface area contributed by atoms with E-state index in [1.807, 2.05) is 25.1 Å². The van der Waals surface area contributed by atoms with Gasteiger partial charge in [-0.15, -0.1) is 0 Å². The molecule has 1 aromatic carbocycles. The lowest BCUT2D eigenvalue weighted by Gasteiger charge is -2.06. The number of benzene rings is 1. The summed E-state index contributed by atoms with van der Waals surface area (Å²) < 4.78 is 0. The molecule has 2 aromatic heterocycles. The molecule has 0 aliphatic carbocycles. The molecule has 0 radical (unpaired) electrons. The van der Waals surface area contributed by atoms with Gasteiger partial charge in [-0.05, 0) is 37.3 Å². The van der Waals surface area contributed by atoms with Crippen LogP contribution in [-0.4, -0.2) is 20.9 Å². The summed E-state index contributed by atoms with van der Waals surface area (Å²) in [6.07, 6.45) is 3.26. The van der Waals surface area contributed by atoms with Gasteiger partial charge in [0, 0.05) is 23.8 Å². The van der Waals surface area contributed by atoms with Crippen molar-refractivity contribution in [3.8, 4) is 0 Å². The predicted molar refractivity (Wildman–Crippen MR) is 76.5 cm³/mol. The monoisotopic (exact) mass is 264 g/mol. The van der Waals surface area contributed by atoms with Crippen LogP contribution in [0.5, 0.6) is 0 Å². The molecular formula is C15H12N4O. The lowest BCUT2D eigenvalue weighted by Crippen LogP contribution is -2.13. The van der Waals surface area contributed by atoms with Crippen molar-refractivity contribution in [2.75, 3.05) is 5.32 Å². The number of carbonyl (C=O) groups is 1. The summed E-state index contributed by atoms with van der Waals surface area (Å²) in [5.74, 6) is -0.239. The van der Waals surface area contributed by atoms with E-state index in [1.54, 1.807) is 30.6 Å². The molecule has 5 heteroatoms. The maximum Gasteiger partial charge on any atom is 0.274 e. The molecule has 0 spiro atoms. The first-order chi connectivity index (χ1) is 9.72. The fraction of sp³-hybridized carbons (Fsp3) is 0.0667. The van der Waals surface area contributed by atoms with Gasteiger partial charge in [-0.25, -0.2) is 4.98 Å². The third-order valence-corrected chi connectivity index (χ3v) is 2.85. The van der Waals surface area contributed by atoms with E-state index in [-0.39, 0.29) is 5.91 Å². The van der Waals surface area contributed by atoms with Crippen molar-refractivity contribution >= 4 is 22.6 Å². The maximum atomic E-state index is 12.1. The molecule has 0 bridgehead atoms. The van der Waals surface area contributed by atoms with Gasteiger partial charge in [-0.1, -0.05) is 6.07 Å². The molecule has 98 valence electrons. The van der Waals surface area contributed by atoms with Crippen LogP contribution in [-0.2, 0) is 0 Å². The number of pyridine rings is 1. The van der Waals surface area contributed by atoms with E-state index in [9.17, 15) is 4.79 Å². The Hall–Kier alpha value is -2.82. The summed E-state index contributed by atoms with van der Waals surface area (Å²) in [5, 5.41) is 2.81. The SMILES string of the molecule is Cc1cccc(C(=O)Nc2ccc3nccnc3c2)n1. The van der Waals surface area contributed by atoms with Gasteiger partial charge in [-0.2, -0.15) is 0 Å². The van der Waals surface area contributed by atoms with Gasteiger partial charge >= 0.3 is 0 Å². The van der Waals surface area contributed by atoms with E-state index in [1.165, 1.54) is 0 Å². The van der Waals surface area contributed by atoms with Crippen LogP contribution >= 0.6 is 0 Å². The van der Waals surface area contributed by atoms with Gasteiger partial charge in [0.05, 0.1) is 11.0 Å². The Balaban J connectivity index is 1.87. The quantitative estimate of drug-likeness (QED) is 0.772. The summed E-state index contributed by atoms with van der Waals surface area (Å²) in [6, 6.07) is 10.7. The fourth-order valence-electron chi connectivity index (χ4n) is 1.91. The lowest BCUT2D eigenvalue weighted by molar-refractivity contribution is 0.102. The van der Waals surface area contributed by atoms with Crippen molar-refractivity contribution in [1.29, 1.82) is 0 Å². The van der Waals surface area contributed by atoms with Crippen molar-refractivity contribution in [2.45, 2.75) is 6.92 Å². The molecule has 0 atom stereocenters. The van der Waals surface area contributed by atoms with Gasteiger partial charge in [0.2, 0.25) is 0 Å². The van der Waals surface area contributed by atoms with E-state index in [2.05, 4.69) is 20.3 Å². The number of hydrogen-bond donors (Lipinski definition) is 1. The van der Waals surface area contributed by atoms with E-state index in [4.69, 9.17) is 0 Å². The van der Waals surface area contributed by atoms with Crippen LogP contribution < -0.4 is 5.32 Å². The van der Waals surface area contributed by atoms with Crippen LogP contribution in [0.1, 0.15) is 16.2 Å². The van der Waals surface area contributed by atoms with Gasteiger partial charge in [0.25, 0.3) is 5.91 Å². The molecule has 0 aliphatic heterocycles. The Labute approximate surface area is 115 Å². The van der Waals surface area contributed by atoms with Crippen LogP contribution in [0.3, 0.4) is 0 Å². The largest absolute Gasteiger partial charge is 0.321 e. The standard InChI is InChI=1S/C15H12N4O/c1-10-3-2-4-13(18-10)15(20)19-11-5-6-12-14(9-11)17-8-7-16-12/h2-9H,1H3,(H,19,20). The zero-order valence-corrected chi connectivity index (χ0v) is 10.9. The van der Waals surface area contributed by atoms with E-state index in [0.717, 1.165) is 16.7 Å². The molecule has 0 unspecified atom stereocenters. The van der Waals surface area contributed by atoms with Gasteiger partial charge in [0.1, 0.15) is 5.69 Å². The highest BCUT2D eigenvalue weighted by atomic mass is 16.1. The second-order valence-electron chi connectivity index (χ2n) is 4.38. The van der Waals surface area contributed by atoms with Crippen LogP contribution in [0.25, 0.3) is 11.0 Å². The average Bonchev–Trinajstić information content (AvgIpc) is 2.47. The summed E-state index contributed by atoms with van der Waals surface area (Å²) in [5.41, 5.74) is 3.40. The zero-order chi connectivity index (χ0) is 13.9. The molecule has 1 amide bonds. The molecule has 1 N–H and O–H groups in total. The zero-order valence-electron chi connectivity index (χ0n) is 10.9. The highest BCUT2D eigenvalue weighted by molar-refractivity contribution is 6.03. The fourth-order valence-corrected chi connectivity index (χ4v) is 1.91. The number of aromatic nitrogens is 3. The van der Waals surface area contributed by atoms with Crippen LogP contribution in [0.15, 0.2) is 48.8 Å². The summed E-state index contributed by atoms with van der Waals surface area (Å²) >= 11 is 0. The van der Waals surface area contributed by atoms with E-state index >= 15 is 0 Å². The second kappa shape index (κ2) is 5.05. The van der Waals surface area contributed by atoms with E-state index < -0.39 is 0 Å². The molecule has 3 aromatic rings. The topological polar surface area (TPSA) is 67.8 Å². The first kappa shape index (κ1) is 12.2. The minimum Gasteiger partial charge on any atom is -0.321 e. The molecule has 2 heterocycles. The Kier molecular flexibility index (Phi) is 3.09. The molecule has 0 saturated carbocycles. The summed E-state index contributed by atoms with van der Waals surface area (Å²) in [7, 11) is 0. The van der Waals surface area contributed by atoms with Crippen LogP contribution in [0.2, 0.25) is 0 Å². The minimum absolute atomic E-state index is 0.239. The smallest absolute Gasteiger partial charge is 0.274 e. The number of nitrogens with zero attached hydrogens (tertiary/aromatic N) is 3. The number of amides is 1. The number of rotatable bonds is 2. The molecule has 0 saturated heterocycles. The average molecular weight is 264 g/mol. The Morgan fingerprint density at radius 3 is 2.65 bits per heavy atom. The van der Waals surface area contributed by atoms with Crippen molar-refractivity contribution in [3.05, 3.63) is 60.2 Å². The normalized spacial score (nSPS) is 10.4. The third kappa shape index (κ3) is 2.47. The molecule has 3 rings (SSSR count). The Bertz CT molecular complexity index is 785. The molecule has 0 fully saturated rings. The third-order valence-electron chi connectivity index (χ3n) is 2.85. The molecule has 20 heavy (non-hydrogen) atoms. The summed E-state index contributed by atoms with van der Waals surface area (Å²) in [4.78, 5) is 24.7. The van der Waals surface area contributed by atoms with Crippen molar-refractivity contribution in [2.24, 2.45) is 0 Å². The number of aryl methyl sites for hydroxylation is 1. The number of carbonyl (C=O) groups excluding carboxylic acids is 1. The first-order valence-corrected chi connectivity index (χ1v) is 6.18. The number of anilines is 1. The predicted octanol–water partition coefficient (Wildman–Crippen LogP) is 2.59. The highest BCUT2D eigenvalue weighted by Crippen LogP contribution is 2.15. The van der Waals surface area contributed by atoms with Crippen molar-refractivity contribution in [3.63, 3.8) is 0 Å². The van der Waals surface area contributed by atoms with Gasteiger partial charge < -0.3 is 5.32 Å². The lowest BCUT2D eigenvalue weighted by atomic mass is 10.2. The highest BCUT2D eigenvalue weighted by Gasteiger charge is 2.08. The first-order valence-electron chi connectivity index (χ1n) is 6.18. The van der Waals surface area contributed by atoms with Gasteiger partial charge in [-0.3, -0.25) is 14.8 Å². The summed E-state index contributed by atoms with van der Waals surface area (Å²) in [6.45, 7) is 1.85. The van der Waals surface area contributed by atoms with Crippen LogP contribution in [0.4, 0.5) is 5.69 Å². The van der Waals surface area contributed by atoms with Gasteiger partial charge in [0.15, 0.2) is 0 Å². The number of fused-ring (bicyclic) bond motifs is 1. The van der Waals surface area contributed by atoms with E-state index in [0.29, 0.717) is 11.4 Å². The Morgan fingerprint density at radius 2 is 1.85 bits per heavy atom. The second-order valence-corrected chi connectivity index (χ2v) is 4.38. The minimum atomic E-state index is -0.239. The van der Waals surface area contributed by atoms with Crippen molar-refractivity contribution in [1.82, 2.24) is 15.0 Å². The van der Waals surface area contributed by atoms with Crippen molar-refractivity contribution < 1.29 is 4.79 Å². The molecule has 5 nitrogen and oxygen atoms in total. The number of nitrogens with one attached hydrogen (secondary N) is 1. The number of hydrogen-bond acceptors (Lipinski definition) is 4.